The summed E-state index contributed by atoms with van der Waals surface area (Å²) < 4.78 is 20.6. The molecular formula is C31H28FN7O. The van der Waals surface area contributed by atoms with Gasteiger partial charge in [0.2, 0.25) is 0 Å². The van der Waals surface area contributed by atoms with Crippen LogP contribution in [0.5, 0.6) is 5.75 Å². The van der Waals surface area contributed by atoms with E-state index in [1.807, 2.05) is 30.5 Å². The second-order valence-corrected chi connectivity index (χ2v) is 10.2. The Bertz CT molecular complexity index is 1840. The van der Waals surface area contributed by atoms with Gasteiger partial charge in [0.15, 0.2) is 11.5 Å². The van der Waals surface area contributed by atoms with Gasteiger partial charge in [-0.1, -0.05) is 6.07 Å². The van der Waals surface area contributed by atoms with Crippen molar-refractivity contribution in [2.75, 3.05) is 26.2 Å². The Morgan fingerprint density at radius 3 is 2.75 bits per heavy atom. The van der Waals surface area contributed by atoms with E-state index in [0.717, 1.165) is 52.8 Å². The molecule has 200 valence electrons. The highest BCUT2D eigenvalue weighted by atomic mass is 19.1. The Kier molecular flexibility index (Phi) is 6.20. The van der Waals surface area contributed by atoms with Gasteiger partial charge >= 0.3 is 0 Å². The molecule has 1 aliphatic rings. The van der Waals surface area contributed by atoms with Gasteiger partial charge < -0.3 is 9.72 Å². The minimum absolute atomic E-state index is 0.356. The second kappa shape index (κ2) is 10.2. The van der Waals surface area contributed by atoms with Gasteiger partial charge in [0, 0.05) is 47.7 Å². The number of halogens is 1. The standard InChI is InChI=1S/C31H28FN7O/c1-19-6-8-33-18-26(19)20-4-5-27-25(16-20)29(38-37-27)31-35-28-24(7-9-34-30(28)36-31)21-14-22(32)17-23(15-21)40-13-12-39-10-2-3-11-39/h4-9,14-18H,2-3,10-13H2,1H3,(H,37,38)(H,34,35,36). The van der Waals surface area contributed by atoms with E-state index in [0.29, 0.717) is 40.6 Å². The second-order valence-electron chi connectivity index (χ2n) is 10.2. The lowest BCUT2D eigenvalue weighted by Gasteiger charge is -2.15. The Balaban J connectivity index is 1.24. The molecule has 5 heterocycles. The highest BCUT2D eigenvalue weighted by Gasteiger charge is 2.18. The van der Waals surface area contributed by atoms with Crippen LogP contribution in [0.25, 0.3) is 55.8 Å². The average molecular weight is 534 g/mol. The minimum Gasteiger partial charge on any atom is -0.492 e. The largest absolute Gasteiger partial charge is 0.492 e. The van der Waals surface area contributed by atoms with Gasteiger partial charge in [0.1, 0.15) is 29.4 Å². The number of benzene rings is 2. The lowest BCUT2D eigenvalue weighted by atomic mass is 10.0. The van der Waals surface area contributed by atoms with E-state index in [2.05, 4.69) is 49.1 Å². The number of hydrogen-bond acceptors (Lipinski definition) is 6. The van der Waals surface area contributed by atoms with Crippen molar-refractivity contribution in [1.82, 2.24) is 35.0 Å². The lowest BCUT2D eigenvalue weighted by molar-refractivity contribution is 0.237. The van der Waals surface area contributed by atoms with Crippen molar-refractivity contribution in [2.45, 2.75) is 19.8 Å². The molecule has 0 atom stereocenters. The molecule has 7 rings (SSSR count). The molecule has 1 aliphatic heterocycles. The summed E-state index contributed by atoms with van der Waals surface area (Å²) in [5, 5.41) is 8.61. The average Bonchev–Trinajstić information content (AvgIpc) is 3.72. The number of fused-ring (bicyclic) bond motifs is 2. The number of aromatic nitrogens is 6. The summed E-state index contributed by atoms with van der Waals surface area (Å²) >= 11 is 0. The molecule has 0 unspecified atom stereocenters. The van der Waals surface area contributed by atoms with Crippen LogP contribution in [-0.4, -0.2) is 61.3 Å². The van der Waals surface area contributed by atoms with Crippen LogP contribution in [-0.2, 0) is 0 Å². The van der Waals surface area contributed by atoms with Gasteiger partial charge in [-0.05, 0) is 85.9 Å². The van der Waals surface area contributed by atoms with Crippen LogP contribution in [0.3, 0.4) is 0 Å². The van der Waals surface area contributed by atoms with Crippen LogP contribution in [0, 0.1) is 12.7 Å². The predicted octanol–water partition coefficient (Wildman–Crippen LogP) is 6.15. The fraction of sp³-hybridized carbons (Fsp3) is 0.226. The summed E-state index contributed by atoms with van der Waals surface area (Å²) in [6.07, 6.45) is 7.82. The summed E-state index contributed by atoms with van der Waals surface area (Å²) in [6.45, 7) is 5.63. The molecule has 40 heavy (non-hydrogen) atoms. The number of rotatable bonds is 7. The van der Waals surface area contributed by atoms with Gasteiger partial charge in [-0.2, -0.15) is 5.10 Å². The number of aryl methyl sites for hydroxylation is 1. The molecule has 8 nitrogen and oxygen atoms in total. The zero-order chi connectivity index (χ0) is 27.1. The van der Waals surface area contributed by atoms with Crippen molar-refractivity contribution in [3.8, 4) is 39.5 Å². The van der Waals surface area contributed by atoms with Crippen molar-refractivity contribution < 1.29 is 9.13 Å². The Labute approximate surface area is 230 Å². The summed E-state index contributed by atoms with van der Waals surface area (Å²) in [4.78, 5) is 19.4. The first kappa shape index (κ1) is 24.4. The van der Waals surface area contributed by atoms with E-state index in [-0.39, 0.29) is 5.82 Å². The van der Waals surface area contributed by atoms with Crippen molar-refractivity contribution in [2.24, 2.45) is 0 Å². The van der Waals surface area contributed by atoms with E-state index >= 15 is 0 Å². The topological polar surface area (TPSA) is 95.6 Å². The maximum absolute atomic E-state index is 14.7. The first-order valence-corrected chi connectivity index (χ1v) is 13.5. The highest BCUT2D eigenvalue weighted by Crippen LogP contribution is 2.34. The Hall–Kier alpha value is -4.63. The zero-order valence-corrected chi connectivity index (χ0v) is 22.1. The fourth-order valence-corrected chi connectivity index (χ4v) is 5.48. The number of hydrogen-bond donors (Lipinski definition) is 2. The van der Waals surface area contributed by atoms with Crippen LogP contribution in [0.15, 0.2) is 67.1 Å². The number of likely N-dealkylation sites (tertiary alicyclic amines) is 1. The third kappa shape index (κ3) is 4.58. The molecule has 2 aromatic carbocycles. The molecule has 1 saturated heterocycles. The molecule has 1 fully saturated rings. The summed E-state index contributed by atoms with van der Waals surface area (Å²) in [6, 6.07) is 14.8. The van der Waals surface area contributed by atoms with E-state index in [1.165, 1.54) is 25.0 Å². The Morgan fingerprint density at radius 2 is 1.88 bits per heavy atom. The molecule has 0 bridgehead atoms. The third-order valence-electron chi connectivity index (χ3n) is 7.58. The van der Waals surface area contributed by atoms with E-state index in [9.17, 15) is 4.39 Å². The van der Waals surface area contributed by atoms with Crippen LogP contribution in [0.1, 0.15) is 18.4 Å². The maximum atomic E-state index is 14.7. The SMILES string of the molecule is Cc1ccncc1-c1ccc2[nH]nc(-c3nc4c(-c5cc(F)cc(OCCN6CCCC6)c5)ccnc4[nH]3)c2c1. The van der Waals surface area contributed by atoms with Crippen LogP contribution >= 0.6 is 0 Å². The lowest BCUT2D eigenvalue weighted by Crippen LogP contribution is -2.25. The number of aromatic amines is 2. The Morgan fingerprint density at radius 1 is 0.975 bits per heavy atom. The first-order chi connectivity index (χ1) is 19.6. The van der Waals surface area contributed by atoms with Crippen molar-refractivity contribution in [3.05, 3.63) is 78.5 Å². The number of imidazole rings is 1. The third-order valence-corrected chi connectivity index (χ3v) is 7.58. The molecule has 0 spiro atoms. The van der Waals surface area contributed by atoms with Gasteiger partial charge in [0.05, 0.1) is 5.52 Å². The zero-order valence-electron chi connectivity index (χ0n) is 22.1. The molecule has 0 aliphatic carbocycles. The number of nitrogens with one attached hydrogen (secondary N) is 2. The molecule has 0 saturated carbocycles. The monoisotopic (exact) mass is 533 g/mol. The smallest absolute Gasteiger partial charge is 0.160 e. The van der Waals surface area contributed by atoms with Crippen LogP contribution in [0.2, 0.25) is 0 Å². The molecule has 9 heteroatoms. The predicted molar refractivity (Wildman–Crippen MR) is 154 cm³/mol. The maximum Gasteiger partial charge on any atom is 0.160 e. The highest BCUT2D eigenvalue weighted by molar-refractivity contribution is 5.97. The number of ether oxygens (including phenoxy) is 1. The molecule has 4 aromatic heterocycles. The first-order valence-electron chi connectivity index (χ1n) is 13.5. The van der Waals surface area contributed by atoms with Crippen LogP contribution in [0.4, 0.5) is 4.39 Å². The van der Waals surface area contributed by atoms with E-state index in [4.69, 9.17) is 9.72 Å². The molecular weight excluding hydrogens is 505 g/mol. The van der Waals surface area contributed by atoms with Gasteiger partial charge in [-0.15, -0.1) is 0 Å². The molecule has 0 amide bonds. The summed E-state index contributed by atoms with van der Waals surface area (Å²) in [7, 11) is 0. The quantitative estimate of drug-likeness (QED) is 0.256. The van der Waals surface area contributed by atoms with Crippen molar-refractivity contribution >= 4 is 22.1 Å². The van der Waals surface area contributed by atoms with E-state index in [1.54, 1.807) is 12.4 Å². The fourth-order valence-electron chi connectivity index (χ4n) is 5.48. The number of H-pyrrole nitrogens is 2. The normalized spacial score (nSPS) is 13.9. The molecule has 6 aromatic rings. The van der Waals surface area contributed by atoms with Crippen molar-refractivity contribution in [1.29, 1.82) is 0 Å². The molecule has 2 N–H and O–H groups in total. The summed E-state index contributed by atoms with van der Waals surface area (Å²) in [5.74, 6) is 0.733. The van der Waals surface area contributed by atoms with Gasteiger partial charge in [0.25, 0.3) is 0 Å². The minimum atomic E-state index is -0.356. The van der Waals surface area contributed by atoms with Gasteiger partial charge in [-0.3, -0.25) is 15.0 Å². The van der Waals surface area contributed by atoms with Crippen LogP contribution < -0.4 is 4.74 Å². The number of nitrogens with zero attached hydrogens (tertiary/aromatic N) is 5. The van der Waals surface area contributed by atoms with E-state index < -0.39 is 0 Å². The van der Waals surface area contributed by atoms with Crippen molar-refractivity contribution in [3.63, 3.8) is 0 Å². The summed E-state index contributed by atoms with van der Waals surface area (Å²) in [5.41, 5.74) is 7.53. The van der Waals surface area contributed by atoms with Gasteiger partial charge in [-0.25, -0.2) is 14.4 Å². The molecule has 0 radical (unpaired) electrons. The number of pyridine rings is 2.